The minimum atomic E-state index is -0.0306. The molecular formula is C17H20N6O2. The Bertz CT molecular complexity index is 780. The van der Waals surface area contributed by atoms with Crippen LogP contribution in [0.1, 0.15) is 27.9 Å². The van der Waals surface area contributed by atoms with Gasteiger partial charge >= 0.3 is 0 Å². The maximum atomic E-state index is 12.7. The Labute approximate surface area is 145 Å². The van der Waals surface area contributed by atoms with Crippen LogP contribution in [0.4, 0.5) is 0 Å². The Balaban J connectivity index is 1.35. The molecule has 2 aromatic rings. The third-order valence-corrected chi connectivity index (χ3v) is 4.95. The Morgan fingerprint density at radius 1 is 1.00 bits per heavy atom. The molecule has 1 aliphatic heterocycles. The van der Waals surface area contributed by atoms with Gasteiger partial charge in [0.1, 0.15) is 12.9 Å². The van der Waals surface area contributed by atoms with Gasteiger partial charge in [0, 0.05) is 31.7 Å². The van der Waals surface area contributed by atoms with E-state index in [-0.39, 0.29) is 18.4 Å². The summed E-state index contributed by atoms with van der Waals surface area (Å²) < 4.78 is 1.41. The van der Waals surface area contributed by atoms with Crippen molar-refractivity contribution in [2.45, 2.75) is 25.8 Å². The standard InChI is InChI=1S/C17H20N6O2/c24-16(11-23-12-18-19-20-23)21-6-8-22(9-7-21)17(25)15-5-4-13-2-1-3-14(13)10-15/h4-5,10,12H,1-3,6-9,11H2. The van der Waals surface area contributed by atoms with E-state index >= 15 is 0 Å². The number of aryl methyl sites for hydroxylation is 2. The van der Waals surface area contributed by atoms with Crippen molar-refractivity contribution in [1.82, 2.24) is 30.0 Å². The van der Waals surface area contributed by atoms with Gasteiger partial charge in [0.05, 0.1) is 0 Å². The normalized spacial score (nSPS) is 16.8. The lowest BCUT2D eigenvalue weighted by atomic mass is 10.1. The van der Waals surface area contributed by atoms with Crippen LogP contribution in [0.25, 0.3) is 0 Å². The zero-order valence-electron chi connectivity index (χ0n) is 14.0. The number of nitrogens with zero attached hydrogens (tertiary/aromatic N) is 6. The van der Waals surface area contributed by atoms with Gasteiger partial charge in [-0.1, -0.05) is 6.07 Å². The maximum Gasteiger partial charge on any atom is 0.253 e. The smallest absolute Gasteiger partial charge is 0.253 e. The summed E-state index contributed by atoms with van der Waals surface area (Å²) in [4.78, 5) is 28.6. The predicted octanol–water partition coefficient (Wildman–Crippen LogP) is 0.146. The summed E-state index contributed by atoms with van der Waals surface area (Å²) in [5.74, 6) is 0.0270. The van der Waals surface area contributed by atoms with Crippen molar-refractivity contribution in [3.8, 4) is 0 Å². The van der Waals surface area contributed by atoms with Crippen LogP contribution >= 0.6 is 0 Å². The Hall–Kier alpha value is -2.77. The zero-order chi connectivity index (χ0) is 17.2. The number of tetrazole rings is 1. The highest BCUT2D eigenvalue weighted by Crippen LogP contribution is 2.23. The molecule has 1 saturated heterocycles. The Morgan fingerprint density at radius 3 is 2.52 bits per heavy atom. The van der Waals surface area contributed by atoms with Gasteiger partial charge in [-0.2, -0.15) is 0 Å². The molecule has 2 amide bonds. The van der Waals surface area contributed by atoms with E-state index in [9.17, 15) is 9.59 Å². The van der Waals surface area contributed by atoms with Crippen molar-refractivity contribution in [3.63, 3.8) is 0 Å². The minimum absolute atomic E-state index is 0.0306. The van der Waals surface area contributed by atoms with E-state index in [2.05, 4.69) is 21.6 Å². The van der Waals surface area contributed by atoms with E-state index in [0.717, 1.165) is 18.4 Å². The van der Waals surface area contributed by atoms with Crippen molar-refractivity contribution in [3.05, 3.63) is 41.2 Å². The van der Waals surface area contributed by atoms with Crippen molar-refractivity contribution >= 4 is 11.8 Å². The molecule has 8 heteroatoms. The fourth-order valence-electron chi connectivity index (χ4n) is 3.54. The van der Waals surface area contributed by atoms with Gasteiger partial charge < -0.3 is 9.80 Å². The van der Waals surface area contributed by atoms with Crippen LogP contribution in [-0.4, -0.2) is 68.0 Å². The van der Waals surface area contributed by atoms with Crippen LogP contribution in [0.3, 0.4) is 0 Å². The second-order valence-corrected chi connectivity index (χ2v) is 6.52. The molecule has 4 rings (SSSR count). The molecule has 1 aromatic heterocycles. The summed E-state index contributed by atoms with van der Waals surface area (Å²) in [7, 11) is 0. The molecule has 0 atom stereocenters. The molecule has 0 radical (unpaired) electrons. The molecule has 2 aliphatic rings. The van der Waals surface area contributed by atoms with Crippen molar-refractivity contribution in [2.24, 2.45) is 0 Å². The van der Waals surface area contributed by atoms with Crippen LogP contribution < -0.4 is 0 Å². The molecule has 0 N–H and O–H groups in total. The van der Waals surface area contributed by atoms with Crippen LogP contribution in [0.15, 0.2) is 24.5 Å². The minimum Gasteiger partial charge on any atom is -0.338 e. The Morgan fingerprint density at radius 2 is 1.76 bits per heavy atom. The average molecular weight is 340 g/mol. The van der Waals surface area contributed by atoms with Gasteiger partial charge in [-0.15, -0.1) is 5.10 Å². The van der Waals surface area contributed by atoms with E-state index < -0.39 is 0 Å². The first kappa shape index (κ1) is 15.7. The summed E-state index contributed by atoms with van der Waals surface area (Å²) in [6, 6.07) is 6.06. The quantitative estimate of drug-likeness (QED) is 0.794. The number of fused-ring (bicyclic) bond motifs is 1. The lowest BCUT2D eigenvalue weighted by molar-refractivity contribution is -0.133. The van der Waals surface area contributed by atoms with Gasteiger partial charge in [0.25, 0.3) is 5.91 Å². The molecule has 0 saturated carbocycles. The maximum absolute atomic E-state index is 12.7. The number of rotatable bonds is 3. The highest BCUT2D eigenvalue weighted by atomic mass is 16.2. The SMILES string of the molecule is O=C(Cn1cnnn1)N1CCN(C(=O)c2ccc3c(c2)CCC3)CC1. The molecule has 25 heavy (non-hydrogen) atoms. The molecule has 2 heterocycles. The van der Waals surface area contributed by atoms with E-state index in [1.54, 1.807) is 4.90 Å². The van der Waals surface area contributed by atoms with Crippen LogP contribution in [-0.2, 0) is 24.2 Å². The number of piperazine rings is 1. The topological polar surface area (TPSA) is 84.2 Å². The molecule has 1 aromatic carbocycles. The fraction of sp³-hybridized carbons (Fsp3) is 0.471. The second kappa shape index (κ2) is 6.62. The number of hydrogen-bond acceptors (Lipinski definition) is 5. The van der Waals surface area contributed by atoms with Crippen molar-refractivity contribution in [1.29, 1.82) is 0 Å². The van der Waals surface area contributed by atoms with Crippen LogP contribution in [0.2, 0.25) is 0 Å². The number of amides is 2. The average Bonchev–Trinajstić information content (AvgIpc) is 3.32. The summed E-state index contributed by atoms with van der Waals surface area (Å²) in [5, 5.41) is 10.8. The second-order valence-electron chi connectivity index (χ2n) is 6.52. The van der Waals surface area contributed by atoms with Gasteiger partial charge in [-0.25, -0.2) is 4.68 Å². The summed E-state index contributed by atoms with van der Waals surface area (Å²) >= 11 is 0. The number of carbonyl (C=O) groups is 2. The van der Waals surface area contributed by atoms with Crippen LogP contribution in [0, 0.1) is 0 Å². The van der Waals surface area contributed by atoms with E-state index in [1.807, 2.05) is 17.0 Å². The third kappa shape index (κ3) is 3.24. The lowest BCUT2D eigenvalue weighted by Gasteiger charge is -2.34. The molecule has 130 valence electrons. The molecular weight excluding hydrogens is 320 g/mol. The highest BCUT2D eigenvalue weighted by Gasteiger charge is 2.25. The van der Waals surface area contributed by atoms with Crippen molar-refractivity contribution in [2.75, 3.05) is 26.2 Å². The number of aromatic nitrogens is 4. The number of hydrogen-bond donors (Lipinski definition) is 0. The molecule has 0 bridgehead atoms. The van der Waals surface area contributed by atoms with Gasteiger partial charge in [-0.3, -0.25) is 9.59 Å². The van der Waals surface area contributed by atoms with E-state index in [0.29, 0.717) is 26.2 Å². The van der Waals surface area contributed by atoms with E-state index in [1.165, 1.54) is 28.6 Å². The number of benzene rings is 1. The van der Waals surface area contributed by atoms with Gasteiger partial charge in [0.2, 0.25) is 5.91 Å². The summed E-state index contributed by atoms with van der Waals surface area (Å²) in [6.45, 7) is 2.32. The fourth-order valence-corrected chi connectivity index (χ4v) is 3.54. The monoisotopic (exact) mass is 340 g/mol. The first-order valence-electron chi connectivity index (χ1n) is 8.60. The van der Waals surface area contributed by atoms with Crippen LogP contribution in [0.5, 0.6) is 0 Å². The molecule has 0 spiro atoms. The summed E-state index contributed by atoms with van der Waals surface area (Å²) in [6.07, 6.45) is 4.78. The predicted molar refractivity (Wildman–Crippen MR) is 88.8 cm³/mol. The third-order valence-electron chi connectivity index (χ3n) is 4.95. The molecule has 0 unspecified atom stereocenters. The first-order chi connectivity index (χ1) is 12.2. The molecule has 8 nitrogen and oxygen atoms in total. The van der Waals surface area contributed by atoms with Gasteiger partial charge in [0.15, 0.2) is 0 Å². The highest BCUT2D eigenvalue weighted by molar-refractivity contribution is 5.94. The van der Waals surface area contributed by atoms with Gasteiger partial charge in [-0.05, 0) is 52.9 Å². The lowest BCUT2D eigenvalue weighted by Crippen LogP contribution is -2.51. The zero-order valence-corrected chi connectivity index (χ0v) is 14.0. The molecule has 1 aliphatic carbocycles. The molecule has 1 fully saturated rings. The van der Waals surface area contributed by atoms with E-state index in [4.69, 9.17) is 0 Å². The number of carbonyl (C=O) groups excluding carboxylic acids is 2. The largest absolute Gasteiger partial charge is 0.338 e. The van der Waals surface area contributed by atoms with Crippen molar-refractivity contribution < 1.29 is 9.59 Å². The first-order valence-corrected chi connectivity index (χ1v) is 8.60. The Kier molecular flexibility index (Phi) is 4.17. The summed E-state index contributed by atoms with van der Waals surface area (Å²) in [5.41, 5.74) is 3.43.